The van der Waals surface area contributed by atoms with Crippen LogP contribution in [0.15, 0.2) is 36.5 Å². The van der Waals surface area contributed by atoms with Crippen LogP contribution < -0.4 is 5.73 Å². The number of pyridine rings is 1. The zero-order valence-electron chi connectivity index (χ0n) is 9.38. The van der Waals surface area contributed by atoms with Crippen LogP contribution in [-0.2, 0) is 0 Å². The highest BCUT2D eigenvalue weighted by molar-refractivity contribution is 5.92. The van der Waals surface area contributed by atoms with Crippen molar-refractivity contribution in [2.75, 3.05) is 5.73 Å². The minimum Gasteiger partial charge on any atom is -0.382 e. The Kier molecular flexibility index (Phi) is 2.21. The first kappa shape index (κ1) is 10.3. The van der Waals surface area contributed by atoms with Gasteiger partial charge in [-0.05, 0) is 24.3 Å². The molecule has 0 aliphatic heterocycles. The summed E-state index contributed by atoms with van der Waals surface area (Å²) in [5, 5.41) is 16.7. The maximum atomic E-state index is 9.07. The van der Waals surface area contributed by atoms with Gasteiger partial charge in [0.05, 0.1) is 16.8 Å². The number of fused-ring (bicyclic) bond motifs is 1. The number of nitrogens with zero attached hydrogens (tertiary/aromatic N) is 3. The van der Waals surface area contributed by atoms with Crippen molar-refractivity contribution in [3.63, 3.8) is 0 Å². The SMILES string of the molecule is N#Cc1cccnc1-c1ccc2[nH]nc(N)c2c1. The number of anilines is 1. The first-order valence-electron chi connectivity index (χ1n) is 5.38. The van der Waals surface area contributed by atoms with Crippen LogP contribution in [0, 0.1) is 11.3 Å². The van der Waals surface area contributed by atoms with Gasteiger partial charge in [0.1, 0.15) is 6.07 Å². The van der Waals surface area contributed by atoms with E-state index < -0.39 is 0 Å². The van der Waals surface area contributed by atoms with E-state index in [0.717, 1.165) is 16.5 Å². The Morgan fingerprint density at radius 1 is 1.28 bits per heavy atom. The van der Waals surface area contributed by atoms with Gasteiger partial charge in [-0.1, -0.05) is 6.07 Å². The molecule has 0 atom stereocenters. The minimum absolute atomic E-state index is 0.446. The molecular formula is C13H9N5. The van der Waals surface area contributed by atoms with E-state index in [2.05, 4.69) is 21.3 Å². The highest BCUT2D eigenvalue weighted by Gasteiger charge is 2.08. The van der Waals surface area contributed by atoms with E-state index in [1.165, 1.54) is 0 Å². The maximum Gasteiger partial charge on any atom is 0.153 e. The molecule has 0 fully saturated rings. The standard InChI is InChI=1S/C13H9N5/c14-7-9-2-1-5-16-12(9)8-3-4-11-10(6-8)13(15)18-17-11/h1-6H,(H3,15,17,18). The van der Waals surface area contributed by atoms with Gasteiger partial charge in [0.15, 0.2) is 5.82 Å². The van der Waals surface area contributed by atoms with Crippen LogP contribution in [0.1, 0.15) is 5.56 Å². The quantitative estimate of drug-likeness (QED) is 0.675. The van der Waals surface area contributed by atoms with Crippen molar-refractivity contribution in [1.29, 1.82) is 5.26 Å². The number of aromatic amines is 1. The molecule has 86 valence electrons. The lowest BCUT2D eigenvalue weighted by atomic mass is 10.0. The molecule has 2 heterocycles. The van der Waals surface area contributed by atoms with Crippen molar-refractivity contribution >= 4 is 16.7 Å². The Hall–Kier alpha value is -2.87. The van der Waals surface area contributed by atoms with Crippen LogP contribution in [-0.4, -0.2) is 15.2 Å². The van der Waals surface area contributed by atoms with Crippen LogP contribution in [0.3, 0.4) is 0 Å². The molecule has 0 spiro atoms. The van der Waals surface area contributed by atoms with Crippen molar-refractivity contribution in [3.05, 3.63) is 42.1 Å². The van der Waals surface area contributed by atoms with Crippen LogP contribution >= 0.6 is 0 Å². The van der Waals surface area contributed by atoms with Crippen molar-refractivity contribution in [1.82, 2.24) is 15.2 Å². The van der Waals surface area contributed by atoms with Crippen molar-refractivity contribution in [2.24, 2.45) is 0 Å². The Morgan fingerprint density at radius 2 is 2.17 bits per heavy atom. The first-order chi connectivity index (χ1) is 8.79. The second-order valence-corrected chi connectivity index (χ2v) is 3.88. The van der Waals surface area contributed by atoms with Crippen molar-refractivity contribution in [2.45, 2.75) is 0 Å². The van der Waals surface area contributed by atoms with E-state index in [1.807, 2.05) is 18.2 Å². The molecule has 0 radical (unpaired) electrons. The number of H-pyrrole nitrogens is 1. The molecule has 0 saturated carbocycles. The Labute approximate surface area is 103 Å². The molecule has 0 aliphatic rings. The first-order valence-corrected chi connectivity index (χ1v) is 5.38. The summed E-state index contributed by atoms with van der Waals surface area (Å²) in [5.74, 6) is 0.446. The lowest BCUT2D eigenvalue weighted by Gasteiger charge is -2.02. The number of hydrogen-bond acceptors (Lipinski definition) is 4. The lowest BCUT2D eigenvalue weighted by Crippen LogP contribution is -1.89. The fourth-order valence-electron chi connectivity index (χ4n) is 1.91. The molecule has 5 nitrogen and oxygen atoms in total. The summed E-state index contributed by atoms with van der Waals surface area (Å²) in [5.41, 5.74) is 8.68. The number of benzene rings is 1. The minimum atomic E-state index is 0.446. The lowest BCUT2D eigenvalue weighted by molar-refractivity contribution is 1.13. The molecule has 3 N–H and O–H groups in total. The molecule has 0 bridgehead atoms. The number of hydrogen-bond donors (Lipinski definition) is 2. The third kappa shape index (κ3) is 1.48. The second kappa shape index (κ2) is 3.86. The number of nitriles is 1. The van der Waals surface area contributed by atoms with Gasteiger partial charge in [-0.15, -0.1) is 0 Å². The van der Waals surface area contributed by atoms with Gasteiger partial charge in [0, 0.05) is 17.1 Å². The van der Waals surface area contributed by atoms with E-state index in [1.54, 1.807) is 18.3 Å². The topological polar surface area (TPSA) is 91.4 Å². The van der Waals surface area contributed by atoms with Gasteiger partial charge in [0.2, 0.25) is 0 Å². The van der Waals surface area contributed by atoms with Crippen LogP contribution in [0.4, 0.5) is 5.82 Å². The van der Waals surface area contributed by atoms with E-state index in [4.69, 9.17) is 11.0 Å². The second-order valence-electron chi connectivity index (χ2n) is 3.88. The normalized spacial score (nSPS) is 10.4. The summed E-state index contributed by atoms with van der Waals surface area (Å²) < 4.78 is 0. The molecule has 0 amide bonds. The number of rotatable bonds is 1. The predicted molar refractivity (Wildman–Crippen MR) is 68.5 cm³/mol. The zero-order valence-corrected chi connectivity index (χ0v) is 9.38. The molecule has 3 aromatic rings. The average Bonchev–Trinajstić information content (AvgIpc) is 2.80. The van der Waals surface area contributed by atoms with Crippen LogP contribution in [0.2, 0.25) is 0 Å². The van der Waals surface area contributed by atoms with Crippen molar-refractivity contribution < 1.29 is 0 Å². The highest BCUT2D eigenvalue weighted by atomic mass is 15.1. The van der Waals surface area contributed by atoms with E-state index in [9.17, 15) is 0 Å². The van der Waals surface area contributed by atoms with Crippen LogP contribution in [0.25, 0.3) is 22.2 Å². The fraction of sp³-hybridized carbons (Fsp3) is 0. The third-order valence-electron chi connectivity index (χ3n) is 2.79. The summed E-state index contributed by atoms with van der Waals surface area (Å²) in [6.07, 6.45) is 1.67. The highest BCUT2D eigenvalue weighted by Crippen LogP contribution is 2.26. The number of nitrogens with one attached hydrogen (secondary N) is 1. The smallest absolute Gasteiger partial charge is 0.153 e. The van der Waals surface area contributed by atoms with Gasteiger partial charge in [-0.3, -0.25) is 10.1 Å². The molecule has 18 heavy (non-hydrogen) atoms. The molecule has 1 aromatic carbocycles. The van der Waals surface area contributed by atoms with E-state index >= 15 is 0 Å². The Morgan fingerprint density at radius 3 is 3.00 bits per heavy atom. The summed E-state index contributed by atoms with van der Waals surface area (Å²) in [7, 11) is 0. The number of nitrogens with two attached hydrogens (primary N) is 1. The van der Waals surface area contributed by atoms with Gasteiger partial charge in [-0.2, -0.15) is 10.4 Å². The molecular weight excluding hydrogens is 226 g/mol. The molecule has 3 rings (SSSR count). The van der Waals surface area contributed by atoms with Gasteiger partial charge in [0.25, 0.3) is 0 Å². The van der Waals surface area contributed by atoms with Gasteiger partial charge in [-0.25, -0.2) is 0 Å². The van der Waals surface area contributed by atoms with E-state index in [-0.39, 0.29) is 0 Å². The monoisotopic (exact) mass is 235 g/mol. The van der Waals surface area contributed by atoms with E-state index in [0.29, 0.717) is 17.1 Å². The molecule has 0 saturated heterocycles. The fourth-order valence-corrected chi connectivity index (χ4v) is 1.91. The average molecular weight is 235 g/mol. The number of aromatic nitrogens is 3. The zero-order chi connectivity index (χ0) is 12.5. The Bertz CT molecular complexity index is 766. The molecule has 0 aliphatic carbocycles. The number of nitrogen functional groups attached to an aromatic ring is 1. The van der Waals surface area contributed by atoms with Crippen molar-refractivity contribution in [3.8, 4) is 17.3 Å². The largest absolute Gasteiger partial charge is 0.382 e. The Balaban J connectivity index is 2.26. The summed E-state index contributed by atoms with van der Waals surface area (Å²) in [6.45, 7) is 0. The summed E-state index contributed by atoms with van der Waals surface area (Å²) in [4.78, 5) is 4.25. The molecule has 0 unspecified atom stereocenters. The summed E-state index contributed by atoms with van der Waals surface area (Å²) in [6, 6.07) is 11.3. The van der Waals surface area contributed by atoms with Gasteiger partial charge >= 0.3 is 0 Å². The van der Waals surface area contributed by atoms with Crippen LogP contribution in [0.5, 0.6) is 0 Å². The molecule has 5 heteroatoms. The maximum absolute atomic E-state index is 9.07. The van der Waals surface area contributed by atoms with Gasteiger partial charge < -0.3 is 5.73 Å². The summed E-state index contributed by atoms with van der Waals surface area (Å²) >= 11 is 0. The predicted octanol–water partition coefficient (Wildman–Crippen LogP) is 2.08. The third-order valence-corrected chi connectivity index (χ3v) is 2.79. The molecule has 2 aromatic heterocycles.